The van der Waals surface area contributed by atoms with Crippen LogP contribution in [0.3, 0.4) is 0 Å². The van der Waals surface area contributed by atoms with Crippen molar-refractivity contribution >= 4 is 38.6 Å². The topological polar surface area (TPSA) is 58.4 Å². The summed E-state index contributed by atoms with van der Waals surface area (Å²) in [5.41, 5.74) is 7.21. The van der Waals surface area contributed by atoms with Gasteiger partial charge in [0.25, 0.3) is 0 Å². The zero-order valence-corrected chi connectivity index (χ0v) is 21.0. The quantitative estimate of drug-likeness (QED) is 0.422. The largest absolute Gasteiger partial charge is 0.481 e. The molecule has 3 aromatic rings. The maximum atomic E-state index is 10.8. The molecule has 6 heteroatoms. The third-order valence-corrected chi connectivity index (χ3v) is 7.16. The van der Waals surface area contributed by atoms with Crippen LogP contribution in [-0.2, 0) is 4.79 Å². The number of anilines is 1. The van der Waals surface area contributed by atoms with Crippen LogP contribution in [0.2, 0.25) is 0 Å². The number of rotatable bonds is 6. The molecule has 0 atom stereocenters. The minimum absolute atomic E-state index is 0.280. The first kappa shape index (κ1) is 22.8. The highest BCUT2D eigenvalue weighted by atomic mass is 79.9. The van der Waals surface area contributed by atoms with Gasteiger partial charge in [0.05, 0.1) is 11.2 Å². The van der Waals surface area contributed by atoms with Crippen molar-refractivity contribution < 1.29 is 9.90 Å². The molecular weight excluding hydrogens is 466 g/mol. The standard InChI is InChI=1S/C26H32BrN3O2/c1-16-12-21(27)13-17(2)25(16)30-15-18(3)24-22(30)14-19(4)28-26(24)29-10-8-20(9-11-29)6-5-7-23(31)32/h12-15,20H,5-11H2,1-4H3,(H,31,32). The lowest BCUT2D eigenvalue weighted by Crippen LogP contribution is -2.34. The number of carboxylic acids is 1. The summed E-state index contributed by atoms with van der Waals surface area (Å²) in [6.07, 6.45) is 6.51. The fraction of sp³-hybridized carbons (Fsp3) is 0.462. The van der Waals surface area contributed by atoms with Crippen molar-refractivity contribution in [3.63, 3.8) is 0 Å². The van der Waals surface area contributed by atoms with Gasteiger partial charge in [0.15, 0.2) is 0 Å². The molecule has 0 unspecified atom stereocenters. The van der Waals surface area contributed by atoms with E-state index in [2.05, 4.69) is 77.5 Å². The molecule has 1 saturated heterocycles. The van der Waals surface area contributed by atoms with Gasteiger partial charge >= 0.3 is 5.97 Å². The Bertz CT molecular complexity index is 1140. The zero-order chi connectivity index (χ0) is 23.0. The second-order valence-corrected chi connectivity index (χ2v) is 10.2. The van der Waals surface area contributed by atoms with E-state index in [1.165, 1.54) is 33.3 Å². The molecular formula is C26H32BrN3O2. The molecule has 0 saturated carbocycles. The van der Waals surface area contributed by atoms with E-state index in [9.17, 15) is 4.79 Å². The summed E-state index contributed by atoms with van der Waals surface area (Å²) in [6, 6.07) is 6.55. The Balaban J connectivity index is 1.66. The van der Waals surface area contributed by atoms with E-state index in [0.29, 0.717) is 5.92 Å². The molecule has 0 amide bonds. The van der Waals surface area contributed by atoms with E-state index in [4.69, 9.17) is 10.1 Å². The van der Waals surface area contributed by atoms with Gasteiger partial charge in [0.1, 0.15) is 5.82 Å². The number of halogens is 1. The lowest BCUT2D eigenvalue weighted by atomic mass is 9.91. The predicted octanol–water partition coefficient (Wildman–Crippen LogP) is 6.49. The Kier molecular flexibility index (Phi) is 6.61. The summed E-state index contributed by atoms with van der Waals surface area (Å²) in [4.78, 5) is 18.2. The normalized spacial score (nSPS) is 15.0. The SMILES string of the molecule is Cc1cc2c(c(C)cn2-c2c(C)cc(Br)cc2C)c(N2CCC(CCCC(=O)O)CC2)n1. The Morgan fingerprint density at radius 2 is 1.75 bits per heavy atom. The van der Waals surface area contributed by atoms with Crippen LogP contribution >= 0.6 is 15.9 Å². The first-order valence-electron chi connectivity index (χ1n) is 11.5. The lowest BCUT2D eigenvalue weighted by Gasteiger charge is -2.33. The van der Waals surface area contributed by atoms with Crippen molar-refractivity contribution in [1.82, 2.24) is 9.55 Å². The highest BCUT2D eigenvalue weighted by Crippen LogP contribution is 2.36. The molecule has 1 aliphatic heterocycles. The number of hydrogen-bond acceptors (Lipinski definition) is 3. The number of hydrogen-bond donors (Lipinski definition) is 1. The number of aromatic nitrogens is 2. The van der Waals surface area contributed by atoms with Crippen LogP contribution in [0.5, 0.6) is 0 Å². The average molecular weight is 498 g/mol. The van der Waals surface area contributed by atoms with E-state index in [1.807, 2.05) is 0 Å². The Hall–Kier alpha value is -2.34. The lowest BCUT2D eigenvalue weighted by molar-refractivity contribution is -0.137. The van der Waals surface area contributed by atoms with Crippen LogP contribution < -0.4 is 4.90 Å². The fourth-order valence-electron chi connectivity index (χ4n) is 5.21. The molecule has 1 aliphatic rings. The van der Waals surface area contributed by atoms with Crippen LogP contribution in [-0.4, -0.2) is 33.7 Å². The summed E-state index contributed by atoms with van der Waals surface area (Å²) in [6.45, 7) is 10.5. The third kappa shape index (κ3) is 4.56. The van der Waals surface area contributed by atoms with Gasteiger partial charge < -0.3 is 14.6 Å². The minimum atomic E-state index is -0.690. The molecule has 0 bridgehead atoms. The fourth-order valence-corrected chi connectivity index (χ4v) is 5.89. The second-order valence-electron chi connectivity index (χ2n) is 9.27. The number of piperidine rings is 1. The number of benzene rings is 1. The van der Waals surface area contributed by atoms with E-state index < -0.39 is 5.97 Å². The number of pyridine rings is 1. The summed E-state index contributed by atoms with van der Waals surface area (Å²) >= 11 is 3.62. The summed E-state index contributed by atoms with van der Waals surface area (Å²) in [7, 11) is 0. The van der Waals surface area contributed by atoms with Gasteiger partial charge in [-0.15, -0.1) is 0 Å². The molecule has 32 heavy (non-hydrogen) atoms. The zero-order valence-electron chi connectivity index (χ0n) is 19.4. The van der Waals surface area contributed by atoms with Gasteiger partial charge in [-0.3, -0.25) is 4.79 Å². The number of fused-ring (bicyclic) bond motifs is 1. The summed E-state index contributed by atoms with van der Waals surface area (Å²) in [5.74, 6) is 1.02. The summed E-state index contributed by atoms with van der Waals surface area (Å²) < 4.78 is 3.44. The van der Waals surface area contributed by atoms with Crippen molar-refractivity contribution in [3.05, 3.63) is 51.3 Å². The van der Waals surface area contributed by atoms with Crippen molar-refractivity contribution in [3.8, 4) is 5.69 Å². The van der Waals surface area contributed by atoms with Crippen LogP contribution in [0.25, 0.3) is 16.6 Å². The molecule has 0 aliphatic carbocycles. The van der Waals surface area contributed by atoms with Crippen LogP contribution in [0.4, 0.5) is 5.82 Å². The number of aryl methyl sites for hydroxylation is 4. The van der Waals surface area contributed by atoms with Crippen LogP contribution in [0.1, 0.15) is 54.5 Å². The Morgan fingerprint density at radius 1 is 1.09 bits per heavy atom. The molecule has 0 radical (unpaired) electrons. The highest BCUT2D eigenvalue weighted by Gasteiger charge is 2.24. The smallest absolute Gasteiger partial charge is 0.303 e. The minimum Gasteiger partial charge on any atom is -0.481 e. The molecule has 1 N–H and O–H groups in total. The number of carbonyl (C=O) groups is 1. The predicted molar refractivity (Wildman–Crippen MR) is 134 cm³/mol. The highest BCUT2D eigenvalue weighted by molar-refractivity contribution is 9.10. The van der Waals surface area contributed by atoms with Crippen molar-refractivity contribution in [2.75, 3.05) is 18.0 Å². The van der Waals surface area contributed by atoms with Crippen molar-refractivity contribution in [2.45, 2.75) is 59.8 Å². The van der Waals surface area contributed by atoms with Crippen LogP contribution in [0, 0.1) is 33.6 Å². The van der Waals surface area contributed by atoms with Crippen molar-refractivity contribution in [1.29, 1.82) is 0 Å². The van der Waals surface area contributed by atoms with Gasteiger partial charge in [-0.05, 0) is 94.2 Å². The maximum absolute atomic E-state index is 10.8. The third-order valence-electron chi connectivity index (χ3n) is 6.70. The van der Waals surface area contributed by atoms with Gasteiger partial charge in [-0.25, -0.2) is 4.98 Å². The first-order chi connectivity index (χ1) is 15.2. The first-order valence-corrected chi connectivity index (χ1v) is 12.3. The van der Waals surface area contributed by atoms with Crippen molar-refractivity contribution in [2.24, 2.45) is 5.92 Å². The number of nitrogens with zero attached hydrogens (tertiary/aromatic N) is 3. The van der Waals surface area contributed by atoms with E-state index in [-0.39, 0.29) is 6.42 Å². The number of aliphatic carboxylic acids is 1. The Labute approximate surface area is 198 Å². The molecule has 1 fully saturated rings. The molecule has 4 rings (SSSR count). The van der Waals surface area contributed by atoms with E-state index >= 15 is 0 Å². The second kappa shape index (κ2) is 9.26. The van der Waals surface area contributed by atoms with Gasteiger partial charge in [0, 0.05) is 41.3 Å². The average Bonchev–Trinajstić information content (AvgIpc) is 3.03. The molecule has 5 nitrogen and oxygen atoms in total. The number of carboxylic acid groups (broad SMARTS) is 1. The van der Waals surface area contributed by atoms with E-state index in [0.717, 1.165) is 54.8 Å². The van der Waals surface area contributed by atoms with Gasteiger partial charge in [-0.2, -0.15) is 0 Å². The molecule has 1 aromatic carbocycles. The van der Waals surface area contributed by atoms with E-state index in [1.54, 1.807) is 0 Å². The van der Waals surface area contributed by atoms with Crippen LogP contribution in [0.15, 0.2) is 28.9 Å². The molecule has 170 valence electrons. The van der Waals surface area contributed by atoms with Gasteiger partial charge in [-0.1, -0.05) is 15.9 Å². The molecule has 0 spiro atoms. The maximum Gasteiger partial charge on any atom is 0.303 e. The Morgan fingerprint density at radius 3 is 2.38 bits per heavy atom. The molecule has 3 heterocycles. The monoisotopic (exact) mass is 497 g/mol. The molecule has 2 aromatic heterocycles. The summed E-state index contributed by atoms with van der Waals surface area (Å²) in [5, 5.41) is 10.1. The van der Waals surface area contributed by atoms with Gasteiger partial charge in [0.2, 0.25) is 0 Å².